The number of thiophene rings is 1. The van der Waals surface area contributed by atoms with Crippen molar-refractivity contribution in [2.24, 2.45) is 12.8 Å². The number of aromatic nitrogens is 3. The lowest BCUT2D eigenvalue weighted by molar-refractivity contribution is -0.141. The van der Waals surface area contributed by atoms with Gasteiger partial charge < -0.3 is 15.0 Å². The molecular weight excluding hydrogens is 548 g/mol. The molecule has 0 aliphatic heterocycles. The van der Waals surface area contributed by atoms with E-state index in [0.29, 0.717) is 28.5 Å². The van der Waals surface area contributed by atoms with Crippen LogP contribution in [0.2, 0.25) is 0 Å². The first-order valence-corrected chi connectivity index (χ1v) is 14.8. The Morgan fingerprint density at radius 2 is 1.93 bits per heavy atom. The number of anilines is 1. The number of sulfonamides is 1. The summed E-state index contributed by atoms with van der Waals surface area (Å²) in [5.41, 5.74) is 7.63. The highest BCUT2D eigenvalue weighted by Gasteiger charge is 2.30. The summed E-state index contributed by atoms with van der Waals surface area (Å²) in [6.07, 6.45) is 2.90. The van der Waals surface area contributed by atoms with E-state index in [4.69, 9.17) is 20.9 Å². The predicted octanol–water partition coefficient (Wildman–Crippen LogP) is 4.01. The van der Waals surface area contributed by atoms with Crippen molar-refractivity contribution in [2.45, 2.75) is 24.7 Å². The van der Waals surface area contributed by atoms with Gasteiger partial charge in [-0.1, -0.05) is 18.2 Å². The maximum Gasteiger partial charge on any atom is 0.326 e. The van der Waals surface area contributed by atoms with Crippen molar-refractivity contribution >= 4 is 60.8 Å². The molecule has 206 valence electrons. The third-order valence-electron chi connectivity index (χ3n) is 6.51. The Morgan fingerprint density at radius 3 is 2.67 bits per heavy atom. The largest absolute Gasteiger partial charge is 0.465 e. The molecule has 0 saturated carbocycles. The van der Waals surface area contributed by atoms with Crippen LogP contribution in [0.5, 0.6) is 0 Å². The number of nitrogens with zero attached hydrogens (tertiary/aromatic N) is 4. The zero-order valence-electron chi connectivity index (χ0n) is 22.0. The summed E-state index contributed by atoms with van der Waals surface area (Å²) in [4.78, 5) is 23.5. The highest BCUT2D eigenvalue weighted by molar-refractivity contribution is 7.93. The number of carbonyl (C=O) groups excluding carboxylic acids is 1. The number of ether oxygens (including phenoxy) is 1. The van der Waals surface area contributed by atoms with Crippen LogP contribution in [0.15, 0.2) is 71.8 Å². The van der Waals surface area contributed by atoms with E-state index < -0.39 is 22.5 Å². The van der Waals surface area contributed by atoms with Crippen molar-refractivity contribution < 1.29 is 17.9 Å². The number of benzene rings is 2. The molecule has 5 aromatic rings. The zero-order chi connectivity index (χ0) is 28.4. The number of fused-ring (bicyclic) bond motifs is 2. The Hall–Kier alpha value is -4.29. The molecule has 0 spiro atoms. The molecule has 3 N–H and O–H groups in total. The molecule has 0 aliphatic rings. The molecule has 0 radical (unpaired) electrons. The lowest BCUT2D eigenvalue weighted by atomic mass is 10.2. The quantitative estimate of drug-likeness (QED) is 0.145. The van der Waals surface area contributed by atoms with Gasteiger partial charge in [0.15, 0.2) is 0 Å². The Labute approximate surface area is 235 Å². The van der Waals surface area contributed by atoms with E-state index in [-0.39, 0.29) is 17.3 Å². The second-order valence-corrected chi connectivity index (χ2v) is 12.1. The van der Waals surface area contributed by atoms with E-state index in [1.807, 2.05) is 23.7 Å². The number of esters is 1. The lowest BCUT2D eigenvalue weighted by Gasteiger charge is -2.24. The second kappa shape index (κ2) is 11.1. The number of imidazole rings is 1. The number of aryl methyl sites for hydroxylation is 3. The Morgan fingerprint density at radius 1 is 1.12 bits per heavy atom. The lowest BCUT2D eigenvalue weighted by Crippen LogP contribution is -2.36. The van der Waals surface area contributed by atoms with E-state index in [1.165, 1.54) is 23.6 Å². The number of para-hydroxylation sites is 1. The molecule has 12 heteroatoms. The number of rotatable bonds is 10. The predicted molar refractivity (Wildman–Crippen MR) is 156 cm³/mol. The van der Waals surface area contributed by atoms with Gasteiger partial charge in [-0.15, -0.1) is 11.3 Å². The molecule has 0 fully saturated rings. The number of carbonyl (C=O) groups is 1. The van der Waals surface area contributed by atoms with Crippen LogP contribution in [0.1, 0.15) is 22.5 Å². The molecule has 10 nitrogen and oxygen atoms in total. The first-order valence-electron chi connectivity index (χ1n) is 12.6. The number of nitrogens with two attached hydrogens (primary N) is 1. The normalized spacial score (nSPS) is 11.7. The van der Waals surface area contributed by atoms with Gasteiger partial charge in [-0.05, 0) is 55.8 Å². The van der Waals surface area contributed by atoms with Gasteiger partial charge in [0.2, 0.25) is 0 Å². The molecule has 40 heavy (non-hydrogen) atoms. The van der Waals surface area contributed by atoms with Crippen LogP contribution in [0, 0.1) is 5.41 Å². The van der Waals surface area contributed by atoms with E-state index in [2.05, 4.69) is 4.98 Å². The summed E-state index contributed by atoms with van der Waals surface area (Å²) in [5, 5.41) is 8.28. The summed E-state index contributed by atoms with van der Waals surface area (Å²) in [6.45, 7) is 1.30. The van der Waals surface area contributed by atoms with E-state index in [0.717, 1.165) is 31.8 Å². The van der Waals surface area contributed by atoms with Crippen LogP contribution in [-0.2, 0) is 39.4 Å². The van der Waals surface area contributed by atoms with Gasteiger partial charge in [-0.2, -0.15) is 0 Å². The van der Waals surface area contributed by atoms with Gasteiger partial charge in [0.1, 0.15) is 23.1 Å². The minimum Gasteiger partial charge on any atom is -0.465 e. The fourth-order valence-corrected chi connectivity index (χ4v) is 6.99. The van der Waals surface area contributed by atoms with Gasteiger partial charge in [0.05, 0.1) is 33.7 Å². The van der Waals surface area contributed by atoms with Gasteiger partial charge in [0, 0.05) is 29.9 Å². The zero-order valence-corrected chi connectivity index (χ0v) is 23.6. The molecule has 0 bridgehead atoms. The number of hydrogen-bond donors (Lipinski definition) is 2. The fraction of sp³-hybridized carbons (Fsp3) is 0.214. The highest BCUT2D eigenvalue weighted by Crippen LogP contribution is 2.30. The van der Waals surface area contributed by atoms with Crippen LogP contribution in [0.3, 0.4) is 0 Å². The molecule has 0 unspecified atom stereocenters. The highest BCUT2D eigenvalue weighted by atomic mass is 32.2. The third kappa shape index (κ3) is 5.27. The fourth-order valence-electron chi connectivity index (χ4n) is 4.55. The molecule has 0 aliphatic carbocycles. The Kier molecular flexibility index (Phi) is 7.55. The average Bonchev–Trinajstić information content (AvgIpc) is 3.54. The monoisotopic (exact) mass is 576 g/mol. The standard InChI is InChI=1S/C28H28N6O4S2/c1-3-38-26(35)17-34(40(36,37)24-8-4-6-18-7-5-15-31-27(18)24)19-9-12-22-21(16-19)32-25(33(22)2)14-11-20-10-13-23(39-20)28(29)30/h4-10,12-13,15-16H,3,11,14,17H2,1-2H3,(H3,29,30). The molecule has 0 atom stereocenters. The van der Waals surface area contributed by atoms with Gasteiger partial charge >= 0.3 is 5.97 Å². The van der Waals surface area contributed by atoms with Crippen LogP contribution in [-0.4, -0.2) is 47.9 Å². The summed E-state index contributed by atoms with van der Waals surface area (Å²) in [6, 6.07) is 17.4. The number of pyridine rings is 1. The van der Waals surface area contributed by atoms with Crippen molar-refractivity contribution in [3.63, 3.8) is 0 Å². The van der Waals surface area contributed by atoms with Crippen molar-refractivity contribution in [1.82, 2.24) is 14.5 Å². The number of nitrogen functional groups attached to an aromatic ring is 1. The first-order chi connectivity index (χ1) is 19.2. The van der Waals surface area contributed by atoms with Crippen molar-refractivity contribution in [2.75, 3.05) is 17.5 Å². The smallest absolute Gasteiger partial charge is 0.326 e. The first kappa shape index (κ1) is 27.3. The second-order valence-electron chi connectivity index (χ2n) is 9.09. The molecule has 5 rings (SSSR count). The third-order valence-corrected chi connectivity index (χ3v) is 9.49. The average molecular weight is 577 g/mol. The van der Waals surface area contributed by atoms with Crippen LogP contribution in [0.4, 0.5) is 5.69 Å². The van der Waals surface area contributed by atoms with Crippen LogP contribution >= 0.6 is 11.3 Å². The van der Waals surface area contributed by atoms with Crippen LogP contribution in [0.25, 0.3) is 21.9 Å². The number of nitrogens with one attached hydrogen (secondary N) is 1. The van der Waals surface area contributed by atoms with Crippen molar-refractivity contribution in [1.29, 1.82) is 5.41 Å². The van der Waals surface area contributed by atoms with Gasteiger partial charge in [-0.25, -0.2) is 13.4 Å². The summed E-state index contributed by atoms with van der Waals surface area (Å²) < 4.78 is 36.2. The molecule has 2 aromatic carbocycles. The maximum atomic E-state index is 14.0. The molecule has 3 heterocycles. The Bertz CT molecular complexity index is 1840. The molecular formula is C28H28N6O4S2. The van der Waals surface area contributed by atoms with Crippen molar-refractivity contribution in [3.8, 4) is 0 Å². The molecule has 0 saturated heterocycles. The summed E-state index contributed by atoms with van der Waals surface area (Å²) in [5.74, 6) is 0.207. The van der Waals surface area contributed by atoms with Gasteiger partial charge in [-0.3, -0.25) is 19.5 Å². The summed E-state index contributed by atoms with van der Waals surface area (Å²) in [7, 11) is -2.30. The van der Waals surface area contributed by atoms with E-state index >= 15 is 0 Å². The van der Waals surface area contributed by atoms with E-state index in [9.17, 15) is 13.2 Å². The number of amidine groups is 1. The van der Waals surface area contributed by atoms with Gasteiger partial charge in [0.25, 0.3) is 10.0 Å². The SMILES string of the molecule is CCOC(=O)CN(c1ccc2c(c1)nc(CCc1ccc(C(=N)N)s1)n2C)S(=O)(=O)c1cccc2cccnc12. The number of hydrogen-bond acceptors (Lipinski definition) is 8. The Balaban J connectivity index is 1.52. The summed E-state index contributed by atoms with van der Waals surface area (Å²) >= 11 is 1.48. The maximum absolute atomic E-state index is 14.0. The molecule has 0 amide bonds. The minimum atomic E-state index is -4.21. The minimum absolute atomic E-state index is 0.00224. The topological polar surface area (TPSA) is 144 Å². The van der Waals surface area contributed by atoms with Crippen LogP contribution < -0.4 is 10.0 Å². The van der Waals surface area contributed by atoms with E-state index in [1.54, 1.807) is 49.4 Å². The van der Waals surface area contributed by atoms with Crippen molar-refractivity contribution in [3.05, 3.63) is 82.4 Å². The molecule has 3 aromatic heterocycles.